The average molecular weight is 316 g/mol. The van der Waals surface area contributed by atoms with Gasteiger partial charge in [-0.2, -0.15) is 0 Å². The molecule has 0 saturated heterocycles. The summed E-state index contributed by atoms with van der Waals surface area (Å²) in [6.07, 6.45) is 2.58. The fourth-order valence-corrected chi connectivity index (χ4v) is 2.31. The summed E-state index contributed by atoms with van der Waals surface area (Å²) in [5.41, 5.74) is -0.443. The Hall–Kier alpha value is -0.850. The number of ether oxygens (including phenoxy) is 3. The molecular formula is C16H32N2O4. The van der Waals surface area contributed by atoms with E-state index in [9.17, 15) is 4.79 Å². The van der Waals surface area contributed by atoms with Crippen molar-refractivity contribution < 1.29 is 19.0 Å². The van der Waals surface area contributed by atoms with Gasteiger partial charge in [0.05, 0.1) is 6.04 Å². The van der Waals surface area contributed by atoms with E-state index in [1.54, 1.807) is 14.2 Å². The number of carbonyl (C=O) groups excluding carboxylic acids is 1. The summed E-state index contributed by atoms with van der Waals surface area (Å²) in [5, 5.41) is 3.36. The lowest BCUT2D eigenvalue weighted by molar-refractivity contribution is -0.119. The molecule has 1 aliphatic rings. The van der Waals surface area contributed by atoms with Crippen molar-refractivity contribution in [2.45, 2.75) is 70.9 Å². The number of hydrogen-bond donors (Lipinski definition) is 1. The zero-order valence-corrected chi connectivity index (χ0v) is 14.8. The van der Waals surface area contributed by atoms with Gasteiger partial charge in [0, 0.05) is 26.8 Å². The van der Waals surface area contributed by atoms with Crippen molar-refractivity contribution in [2.24, 2.45) is 0 Å². The SMILES string of the molecule is COC(OC)C(C)NCCCN(C(=O)OC(C)(C)C)C1CC1. The Morgan fingerprint density at radius 1 is 1.27 bits per heavy atom. The van der Waals surface area contributed by atoms with Crippen LogP contribution in [0.25, 0.3) is 0 Å². The Morgan fingerprint density at radius 2 is 1.86 bits per heavy atom. The highest BCUT2D eigenvalue weighted by atomic mass is 16.7. The van der Waals surface area contributed by atoms with Crippen molar-refractivity contribution in [2.75, 3.05) is 27.3 Å². The van der Waals surface area contributed by atoms with Gasteiger partial charge in [-0.3, -0.25) is 0 Å². The fraction of sp³-hybridized carbons (Fsp3) is 0.938. The molecule has 1 rings (SSSR count). The molecule has 1 N–H and O–H groups in total. The number of methoxy groups -OCH3 is 2. The smallest absolute Gasteiger partial charge is 0.410 e. The summed E-state index contributed by atoms with van der Waals surface area (Å²) in [6.45, 7) is 9.23. The zero-order chi connectivity index (χ0) is 16.8. The Morgan fingerprint density at radius 3 is 2.32 bits per heavy atom. The van der Waals surface area contributed by atoms with Crippen LogP contribution in [0, 0.1) is 0 Å². The van der Waals surface area contributed by atoms with E-state index >= 15 is 0 Å². The molecule has 1 atom stereocenters. The largest absolute Gasteiger partial charge is 0.444 e. The van der Waals surface area contributed by atoms with Gasteiger partial charge in [0.15, 0.2) is 6.29 Å². The molecule has 1 aliphatic carbocycles. The monoisotopic (exact) mass is 316 g/mol. The van der Waals surface area contributed by atoms with E-state index in [0.717, 1.165) is 25.8 Å². The molecule has 0 aromatic heterocycles. The second kappa shape index (κ2) is 8.70. The van der Waals surface area contributed by atoms with Crippen LogP contribution in [0.3, 0.4) is 0 Å². The van der Waals surface area contributed by atoms with Crippen LogP contribution in [0.5, 0.6) is 0 Å². The van der Waals surface area contributed by atoms with E-state index in [1.807, 2.05) is 32.6 Å². The lowest BCUT2D eigenvalue weighted by Gasteiger charge is -2.28. The molecule has 0 radical (unpaired) electrons. The van der Waals surface area contributed by atoms with E-state index in [4.69, 9.17) is 14.2 Å². The van der Waals surface area contributed by atoms with Gasteiger partial charge in [0.2, 0.25) is 0 Å². The molecular weight excluding hydrogens is 284 g/mol. The first kappa shape index (κ1) is 19.2. The standard InChI is InChI=1S/C16H32N2O4/c1-12(14(20-5)21-6)17-10-7-11-18(13-8-9-13)15(19)22-16(2,3)4/h12-14,17H,7-11H2,1-6H3. The summed E-state index contributed by atoms with van der Waals surface area (Å²) in [4.78, 5) is 14.1. The molecule has 130 valence electrons. The molecule has 0 heterocycles. The summed E-state index contributed by atoms with van der Waals surface area (Å²) < 4.78 is 15.9. The zero-order valence-electron chi connectivity index (χ0n) is 14.8. The number of rotatable bonds is 9. The Kier molecular flexibility index (Phi) is 7.59. The number of amides is 1. The molecule has 0 spiro atoms. The van der Waals surface area contributed by atoms with Gasteiger partial charge in [0.25, 0.3) is 0 Å². The third-order valence-electron chi connectivity index (χ3n) is 3.53. The fourth-order valence-electron chi connectivity index (χ4n) is 2.31. The van der Waals surface area contributed by atoms with E-state index in [1.165, 1.54) is 0 Å². The first-order chi connectivity index (χ1) is 10.3. The van der Waals surface area contributed by atoms with Crippen LogP contribution in [0.1, 0.15) is 47.0 Å². The molecule has 6 nitrogen and oxygen atoms in total. The summed E-state index contributed by atoms with van der Waals surface area (Å²) >= 11 is 0. The molecule has 0 bridgehead atoms. The maximum atomic E-state index is 12.2. The van der Waals surface area contributed by atoms with Gasteiger partial charge in [-0.1, -0.05) is 0 Å². The van der Waals surface area contributed by atoms with E-state index in [2.05, 4.69) is 5.32 Å². The van der Waals surface area contributed by atoms with Gasteiger partial charge in [-0.15, -0.1) is 0 Å². The highest BCUT2D eigenvalue weighted by Crippen LogP contribution is 2.28. The molecule has 22 heavy (non-hydrogen) atoms. The number of nitrogens with one attached hydrogen (secondary N) is 1. The van der Waals surface area contributed by atoms with Crippen LogP contribution in [0.4, 0.5) is 4.79 Å². The van der Waals surface area contributed by atoms with Crippen LogP contribution in [0.2, 0.25) is 0 Å². The van der Waals surface area contributed by atoms with E-state index < -0.39 is 5.60 Å². The lowest BCUT2D eigenvalue weighted by atomic mass is 10.2. The normalized spacial score (nSPS) is 16.7. The molecule has 1 fully saturated rings. The van der Waals surface area contributed by atoms with Crippen molar-refractivity contribution in [1.29, 1.82) is 0 Å². The Bertz CT molecular complexity index is 336. The second-order valence-corrected chi connectivity index (χ2v) is 6.84. The predicted molar refractivity (Wildman–Crippen MR) is 85.8 cm³/mol. The molecule has 0 aromatic rings. The van der Waals surface area contributed by atoms with E-state index in [-0.39, 0.29) is 18.4 Å². The van der Waals surface area contributed by atoms with Crippen molar-refractivity contribution in [3.63, 3.8) is 0 Å². The van der Waals surface area contributed by atoms with Crippen LogP contribution < -0.4 is 5.32 Å². The first-order valence-electron chi connectivity index (χ1n) is 8.07. The van der Waals surface area contributed by atoms with Crippen LogP contribution in [0.15, 0.2) is 0 Å². The molecule has 0 aliphatic heterocycles. The number of hydrogen-bond acceptors (Lipinski definition) is 5. The minimum atomic E-state index is -0.443. The minimum Gasteiger partial charge on any atom is -0.444 e. The first-order valence-corrected chi connectivity index (χ1v) is 8.07. The molecule has 1 unspecified atom stereocenters. The van der Waals surface area contributed by atoms with Gasteiger partial charge >= 0.3 is 6.09 Å². The molecule has 6 heteroatoms. The third kappa shape index (κ3) is 6.94. The van der Waals surface area contributed by atoms with Crippen molar-refractivity contribution >= 4 is 6.09 Å². The van der Waals surface area contributed by atoms with Crippen LogP contribution >= 0.6 is 0 Å². The topological polar surface area (TPSA) is 60.0 Å². The predicted octanol–water partition coefficient (Wildman–Crippen LogP) is 2.37. The second-order valence-electron chi connectivity index (χ2n) is 6.84. The summed E-state index contributed by atoms with van der Waals surface area (Å²) in [5.74, 6) is 0. The third-order valence-corrected chi connectivity index (χ3v) is 3.53. The maximum absolute atomic E-state index is 12.2. The molecule has 1 saturated carbocycles. The van der Waals surface area contributed by atoms with Crippen molar-refractivity contribution in [3.05, 3.63) is 0 Å². The Labute approximate surface area is 134 Å². The lowest BCUT2D eigenvalue weighted by Crippen LogP contribution is -2.42. The minimum absolute atomic E-state index is 0.103. The van der Waals surface area contributed by atoms with Gasteiger partial charge in [-0.05, 0) is 53.5 Å². The maximum Gasteiger partial charge on any atom is 0.410 e. The quantitative estimate of drug-likeness (QED) is 0.523. The molecule has 0 aromatic carbocycles. The van der Waals surface area contributed by atoms with Crippen molar-refractivity contribution in [3.8, 4) is 0 Å². The highest BCUT2D eigenvalue weighted by Gasteiger charge is 2.34. The van der Waals surface area contributed by atoms with Gasteiger partial charge in [-0.25, -0.2) is 4.79 Å². The number of carbonyl (C=O) groups is 1. The summed E-state index contributed by atoms with van der Waals surface area (Å²) in [7, 11) is 3.26. The van der Waals surface area contributed by atoms with Crippen molar-refractivity contribution in [1.82, 2.24) is 10.2 Å². The summed E-state index contributed by atoms with van der Waals surface area (Å²) in [6, 6.07) is 0.462. The van der Waals surface area contributed by atoms with Gasteiger partial charge < -0.3 is 24.4 Å². The van der Waals surface area contributed by atoms with Gasteiger partial charge in [0.1, 0.15) is 5.60 Å². The molecule has 1 amide bonds. The highest BCUT2D eigenvalue weighted by molar-refractivity contribution is 5.69. The average Bonchev–Trinajstić information content (AvgIpc) is 3.22. The Balaban J connectivity index is 2.32. The van der Waals surface area contributed by atoms with Crippen LogP contribution in [-0.4, -0.2) is 62.3 Å². The van der Waals surface area contributed by atoms with E-state index in [0.29, 0.717) is 12.6 Å². The van der Waals surface area contributed by atoms with Crippen LogP contribution in [-0.2, 0) is 14.2 Å². The number of nitrogens with zero attached hydrogens (tertiary/aromatic N) is 1.